The number of nitrogens with zero attached hydrogens (tertiary/aromatic N) is 1. The van der Waals surface area contributed by atoms with Crippen LogP contribution in [0.4, 0.5) is 4.39 Å². The summed E-state index contributed by atoms with van der Waals surface area (Å²) in [4.78, 5) is 12.9. The number of nitrogens with one attached hydrogen (secondary N) is 1. The maximum atomic E-state index is 13.3. The summed E-state index contributed by atoms with van der Waals surface area (Å²) in [5, 5.41) is 3.13. The highest BCUT2D eigenvalue weighted by Crippen LogP contribution is 2.36. The van der Waals surface area contributed by atoms with Gasteiger partial charge in [0.1, 0.15) is 16.5 Å². The van der Waals surface area contributed by atoms with E-state index in [1.807, 2.05) is 0 Å². The predicted molar refractivity (Wildman–Crippen MR) is 112 cm³/mol. The quantitative estimate of drug-likeness (QED) is 0.723. The zero-order chi connectivity index (χ0) is 21.9. The van der Waals surface area contributed by atoms with Gasteiger partial charge in [-0.25, -0.2) is 12.8 Å². The molecule has 1 aliphatic heterocycles. The molecular weight excluding hydrogens is 431 g/mol. The van der Waals surface area contributed by atoms with Crippen LogP contribution in [0, 0.1) is 11.2 Å². The lowest BCUT2D eigenvalue weighted by molar-refractivity contribution is -0.132. The third kappa shape index (κ3) is 4.77. The van der Waals surface area contributed by atoms with Crippen molar-refractivity contribution in [1.82, 2.24) is 9.62 Å². The van der Waals surface area contributed by atoms with Gasteiger partial charge in [-0.1, -0.05) is 23.7 Å². The minimum atomic E-state index is -3.90. The molecule has 0 spiro atoms. The molecule has 0 unspecified atom stereocenters. The first-order chi connectivity index (χ1) is 14.2. The van der Waals surface area contributed by atoms with Crippen LogP contribution >= 0.6 is 11.6 Å². The van der Waals surface area contributed by atoms with E-state index in [9.17, 15) is 17.6 Å². The van der Waals surface area contributed by atoms with Crippen LogP contribution in [0.1, 0.15) is 25.3 Å². The maximum Gasteiger partial charge on any atom is 0.246 e. The Bertz CT molecular complexity index is 1030. The fourth-order valence-corrected chi connectivity index (χ4v) is 5.59. The molecule has 2 aromatic rings. The second-order valence-corrected chi connectivity index (χ2v) is 9.95. The largest absolute Gasteiger partial charge is 0.495 e. The van der Waals surface area contributed by atoms with Crippen LogP contribution in [0.3, 0.4) is 0 Å². The molecule has 1 atom stereocenters. The summed E-state index contributed by atoms with van der Waals surface area (Å²) >= 11 is 6.01. The Balaban J connectivity index is 1.77. The number of amides is 1. The van der Waals surface area contributed by atoms with Gasteiger partial charge < -0.3 is 10.1 Å². The highest BCUT2D eigenvalue weighted by atomic mass is 35.5. The summed E-state index contributed by atoms with van der Waals surface area (Å²) in [5.41, 5.74) is -0.130. The van der Waals surface area contributed by atoms with Gasteiger partial charge in [0.15, 0.2) is 0 Å². The van der Waals surface area contributed by atoms with Crippen molar-refractivity contribution in [2.75, 3.05) is 20.2 Å². The Morgan fingerprint density at radius 2 is 1.97 bits per heavy atom. The smallest absolute Gasteiger partial charge is 0.246 e. The molecule has 0 aromatic heterocycles. The first-order valence-electron chi connectivity index (χ1n) is 9.52. The average Bonchev–Trinajstić information content (AvgIpc) is 2.73. The van der Waals surface area contributed by atoms with Crippen molar-refractivity contribution >= 4 is 27.5 Å². The van der Waals surface area contributed by atoms with Gasteiger partial charge in [0.25, 0.3) is 0 Å². The van der Waals surface area contributed by atoms with E-state index >= 15 is 0 Å². The summed E-state index contributed by atoms with van der Waals surface area (Å²) in [7, 11) is -2.51. The first kappa shape index (κ1) is 22.5. The minimum absolute atomic E-state index is 0.0199. The monoisotopic (exact) mass is 454 g/mol. The van der Waals surface area contributed by atoms with Crippen LogP contribution in [0.2, 0.25) is 5.02 Å². The number of hydrogen-bond donors (Lipinski definition) is 1. The molecule has 0 radical (unpaired) electrons. The number of halogens is 2. The normalized spacial score (nSPS) is 20.0. The van der Waals surface area contributed by atoms with E-state index in [-0.39, 0.29) is 40.5 Å². The second-order valence-electron chi connectivity index (χ2n) is 7.61. The van der Waals surface area contributed by atoms with Gasteiger partial charge in [0.2, 0.25) is 15.9 Å². The summed E-state index contributed by atoms with van der Waals surface area (Å²) in [5.74, 6) is -0.390. The molecule has 9 heteroatoms. The molecular formula is C21H24ClFN2O4S. The Kier molecular flexibility index (Phi) is 6.69. The number of ether oxygens (including phenoxy) is 1. The lowest BCUT2D eigenvalue weighted by Crippen LogP contribution is -2.51. The summed E-state index contributed by atoms with van der Waals surface area (Å²) in [6, 6.07) is 10.3. The minimum Gasteiger partial charge on any atom is -0.495 e. The molecule has 3 rings (SSSR count). The third-order valence-electron chi connectivity index (χ3n) is 5.32. The molecule has 1 N–H and O–H groups in total. The van der Waals surface area contributed by atoms with Crippen molar-refractivity contribution in [3.05, 3.63) is 58.9 Å². The van der Waals surface area contributed by atoms with E-state index in [1.165, 1.54) is 35.7 Å². The predicted octanol–water partition coefficient (Wildman–Crippen LogP) is 3.59. The molecule has 0 saturated carbocycles. The lowest BCUT2D eigenvalue weighted by atomic mass is 9.82. The van der Waals surface area contributed by atoms with Crippen LogP contribution in [0.15, 0.2) is 47.4 Å². The highest BCUT2D eigenvalue weighted by molar-refractivity contribution is 7.89. The van der Waals surface area contributed by atoms with Crippen molar-refractivity contribution < 1.29 is 22.3 Å². The van der Waals surface area contributed by atoms with E-state index in [1.54, 1.807) is 25.1 Å². The fourth-order valence-electron chi connectivity index (χ4n) is 3.57. The molecule has 1 saturated heterocycles. The Hall–Kier alpha value is -2.16. The van der Waals surface area contributed by atoms with Crippen LogP contribution < -0.4 is 10.1 Å². The fraction of sp³-hybridized carbons (Fsp3) is 0.381. The van der Waals surface area contributed by atoms with Crippen LogP contribution in [0.5, 0.6) is 5.75 Å². The molecule has 0 aliphatic carbocycles. The third-order valence-corrected chi connectivity index (χ3v) is 7.42. The second kappa shape index (κ2) is 8.91. The summed E-state index contributed by atoms with van der Waals surface area (Å²) in [6.45, 7) is 2.34. The standard InChI is InChI=1S/C21H24ClFN2O4S/c1-21(20(26)24-13-15-4-7-17(23)8-5-15)10-3-11-25(14-21)30(27,28)19-12-16(22)6-9-18(19)29-2/h4-9,12H,3,10-11,13-14H2,1-2H3,(H,24,26)/t21-/m1/s1. The van der Waals surface area contributed by atoms with Crippen LogP contribution in [-0.2, 0) is 21.4 Å². The number of rotatable bonds is 6. The molecule has 1 heterocycles. The molecule has 2 aromatic carbocycles. The van der Waals surface area contributed by atoms with Crippen molar-refractivity contribution in [2.24, 2.45) is 5.41 Å². The molecule has 1 aliphatic rings. The number of hydrogen-bond acceptors (Lipinski definition) is 4. The summed E-state index contributed by atoms with van der Waals surface area (Å²) < 4.78 is 46.1. The number of carbonyl (C=O) groups is 1. The number of methoxy groups -OCH3 is 1. The number of sulfonamides is 1. The number of carbonyl (C=O) groups excluding carboxylic acids is 1. The SMILES string of the molecule is COc1ccc(Cl)cc1S(=O)(=O)N1CCC[C@@](C)(C(=O)NCc2ccc(F)cc2)C1. The van der Waals surface area contributed by atoms with Crippen molar-refractivity contribution in [3.63, 3.8) is 0 Å². The van der Waals surface area contributed by atoms with Crippen molar-refractivity contribution in [1.29, 1.82) is 0 Å². The maximum absolute atomic E-state index is 13.3. The molecule has 162 valence electrons. The first-order valence-corrected chi connectivity index (χ1v) is 11.3. The zero-order valence-corrected chi connectivity index (χ0v) is 18.4. The molecule has 1 fully saturated rings. The van der Waals surface area contributed by atoms with E-state index in [4.69, 9.17) is 16.3 Å². The Labute approximate surface area is 181 Å². The zero-order valence-electron chi connectivity index (χ0n) is 16.8. The van der Waals surface area contributed by atoms with Gasteiger partial charge in [-0.15, -0.1) is 0 Å². The van der Waals surface area contributed by atoms with E-state index in [0.29, 0.717) is 19.4 Å². The highest BCUT2D eigenvalue weighted by Gasteiger charge is 2.42. The summed E-state index contributed by atoms with van der Waals surface area (Å²) in [6.07, 6.45) is 1.10. The molecule has 0 bridgehead atoms. The van der Waals surface area contributed by atoms with E-state index in [0.717, 1.165) is 5.56 Å². The van der Waals surface area contributed by atoms with Crippen molar-refractivity contribution in [3.8, 4) is 5.75 Å². The number of benzene rings is 2. The topological polar surface area (TPSA) is 75.7 Å². The van der Waals surface area contributed by atoms with Gasteiger partial charge in [-0.2, -0.15) is 4.31 Å². The van der Waals surface area contributed by atoms with Crippen LogP contribution in [0.25, 0.3) is 0 Å². The lowest BCUT2D eigenvalue weighted by Gasteiger charge is -2.38. The number of piperidine rings is 1. The van der Waals surface area contributed by atoms with Gasteiger partial charge in [0.05, 0.1) is 12.5 Å². The molecule has 30 heavy (non-hydrogen) atoms. The van der Waals surface area contributed by atoms with E-state index in [2.05, 4.69) is 5.32 Å². The molecule has 6 nitrogen and oxygen atoms in total. The van der Waals surface area contributed by atoms with Crippen LogP contribution in [-0.4, -0.2) is 38.8 Å². The Morgan fingerprint density at radius 1 is 1.27 bits per heavy atom. The van der Waals surface area contributed by atoms with Crippen molar-refractivity contribution in [2.45, 2.75) is 31.2 Å². The Morgan fingerprint density at radius 3 is 2.63 bits per heavy atom. The van der Waals surface area contributed by atoms with Gasteiger partial charge >= 0.3 is 0 Å². The van der Waals surface area contributed by atoms with E-state index < -0.39 is 15.4 Å². The van der Waals surface area contributed by atoms with Gasteiger partial charge in [0, 0.05) is 24.7 Å². The van der Waals surface area contributed by atoms with Gasteiger partial charge in [-0.3, -0.25) is 4.79 Å². The van der Waals surface area contributed by atoms with Gasteiger partial charge in [-0.05, 0) is 55.7 Å². The molecule has 1 amide bonds. The average molecular weight is 455 g/mol.